The highest BCUT2D eigenvalue weighted by Crippen LogP contribution is 2.34. The first kappa shape index (κ1) is 15.8. The Labute approximate surface area is 123 Å². The van der Waals surface area contributed by atoms with E-state index in [1.54, 1.807) is 0 Å². The number of nitrogens with zero attached hydrogens (tertiary/aromatic N) is 2. The van der Waals surface area contributed by atoms with E-state index in [-0.39, 0.29) is 5.54 Å². The van der Waals surface area contributed by atoms with Crippen LogP contribution < -0.4 is 5.32 Å². The van der Waals surface area contributed by atoms with Gasteiger partial charge in [-0.25, -0.2) is 0 Å². The predicted octanol–water partition coefficient (Wildman–Crippen LogP) is 1.56. The van der Waals surface area contributed by atoms with Gasteiger partial charge in [0.2, 0.25) is 5.91 Å². The van der Waals surface area contributed by atoms with Crippen molar-refractivity contribution < 1.29 is 4.79 Å². The van der Waals surface area contributed by atoms with E-state index in [4.69, 9.17) is 0 Å². The summed E-state index contributed by atoms with van der Waals surface area (Å²) in [6, 6.07) is 0. The zero-order valence-corrected chi connectivity index (χ0v) is 13.8. The lowest BCUT2D eigenvalue weighted by molar-refractivity contribution is -0.142. The lowest BCUT2D eigenvalue weighted by Crippen LogP contribution is -2.60. The summed E-state index contributed by atoms with van der Waals surface area (Å²) < 4.78 is 0. The third kappa shape index (κ3) is 3.17. The van der Waals surface area contributed by atoms with Crippen LogP contribution in [0.15, 0.2) is 0 Å². The number of nitrogens with one attached hydrogen (secondary N) is 1. The number of likely N-dealkylation sites (tertiary alicyclic amines) is 1. The molecule has 20 heavy (non-hydrogen) atoms. The molecule has 2 rings (SSSR count). The molecule has 4 heteroatoms. The summed E-state index contributed by atoms with van der Waals surface area (Å²) in [4.78, 5) is 17.3. The first-order valence-corrected chi connectivity index (χ1v) is 7.98. The van der Waals surface area contributed by atoms with Crippen molar-refractivity contribution in [3.8, 4) is 0 Å². The van der Waals surface area contributed by atoms with E-state index in [1.807, 2.05) is 0 Å². The minimum absolute atomic E-state index is 0.300. The largest absolute Gasteiger partial charge is 0.341 e. The third-order valence-corrected chi connectivity index (χ3v) is 5.13. The number of carbonyl (C=O) groups excluding carboxylic acids is 1. The van der Waals surface area contributed by atoms with Gasteiger partial charge in [-0.1, -0.05) is 20.8 Å². The molecule has 0 spiro atoms. The summed E-state index contributed by atoms with van der Waals surface area (Å²) in [7, 11) is 0. The van der Waals surface area contributed by atoms with E-state index >= 15 is 0 Å². The highest BCUT2D eigenvalue weighted by Gasteiger charge is 2.42. The van der Waals surface area contributed by atoms with Crippen LogP contribution in [0.25, 0.3) is 0 Å². The number of carbonyl (C=O) groups is 1. The van der Waals surface area contributed by atoms with E-state index in [0.717, 1.165) is 45.7 Å². The van der Waals surface area contributed by atoms with Crippen molar-refractivity contribution in [1.82, 2.24) is 15.1 Å². The minimum Gasteiger partial charge on any atom is -0.341 e. The van der Waals surface area contributed by atoms with Crippen LogP contribution >= 0.6 is 0 Å². The molecule has 0 aromatic rings. The van der Waals surface area contributed by atoms with Gasteiger partial charge in [0.1, 0.15) is 0 Å². The highest BCUT2D eigenvalue weighted by molar-refractivity contribution is 5.85. The van der Waals surface area contributed by atoms with Gasteiger partial charge in [-0.05, 0) is 31.6 Å². The normalized spacial score (nSPS) is 26.1. The maximum Gasteiger partial charge on any atom is 0.242 e. The van der Waals surface area contributed by atoms with Crippen LogP contribution in [0.4, 0.5) is 0 Å². The molecule has 0 bridgehead atoms. The van der Waals surface area contributed by atoms with Crippen molar-refractivity contribution in [3.63, 3.8) is 0 Å². The van der Waals surface area contributed by atoms with Crippen molar-refractivity contribution >= 4 is 5.91 Å². The fourth-order valence-corrected chi connectivity index (χ4v) is 3.40. The molecule has 0 aromatic carbocycles. The lowest BCUT2D eigenvalue weighted by Gasteiger charge is -2.42. The van der Waals surface area contributed by atoms with Gasteiger partial charge in [-0.3, -0.25) is 9.69 Å². The maximum atomic E-state index is 12.9. The summed E-state index contributed by atoms with van der Waals surface area (Å²) in [6.45, 7) is 16.8. The summed E-state index contributed by atoms with van der Waals surface area (Å²) >= 11 is 0. The van der Waals surface area contributed by atoms with Crippen LogP contribution in [0.3, 0.4) is 0 Å². The Hall–Kier alpha value is -0.610. The molecule has 2 saturated heterocycles. The minimum atomic E-state index is -0.366. The van der Waals surface area contributed by atoms with Gasteiger partial charge in [0.05, 0.1) is 5.54 Å². The highest BCUT2D eigenvalue weighted by atomic mass is 16.2. The smallest absolute Gasteiger partial charge is 0.242 e. The molecule has 2 aliphatic rings. The molecule has 2 aliphatic heterocycles. The Balaban J connectivity index is 2.00. The van der Waals surface area contributed by atoms with Gasteiger partial charge in [0.15, 0.2) is 0 Å². The Morgan fingerprint density at radius 3 is 2.15 bits per heavy atom. The van der Waals surface area contributed by atoms with Crippen molar-refractivity contribution in [1.29, 1.82) is 0 Å². The summed E-state index contributed by atoms with van der Waals surface area (Å²) in [5.74, 6) is 0.941. The summed E-state index contributed by atoms with van der Waals surface area (Å²) in [5, 5.41) is 3.36. The second kappa shape index (κ2) is 5.64. The molecule has 1 atom stereocenters. The lowest BCUT2D eigenvalue weighted by atomic mass is 9.80. The molecule has 0 radical (unpaired) electrons. The molecule has 0 aromatic heterocycles. The molecule has 116 valence electrons. The van der Waals surface area contributed by atoms with Crippen molar-refractivity contribution in [3.05, 3.63) is 0 Å². The molecule has 1 N–H and O–H groups in total. The number of piperazine rings is 1. The zero-order valence-electron chi connectivity index (χ0n) is 13.8. The van der Waals surface area contributed by atoms with E-state index in [1.165, 1.54) is 0 Å². The molecule has 1 amide bonds. The third-order valence-electron chi connectivity index (χ3n) is 5.13. The van der Waals surface area contributed by atoms with Crippen LogP contribution in [0.5, 0.6) is 0 Å². The molecular formula is C16H31N3O. The number of rotatable bonds is 2. The standard InChI is InChI=1S/C16H31N3O/c1-15(2,3)13-6-9-18(12-13)14(20)16(4,5)19-10-7-17-8-11-19/h13,17H,6-12H2,1-5H3. The van der Waals surface area contributed by atoms with Crippen LogP contribution in [-0.2, 0) is 4.79 Å². The molecule has 0 aliphatic carbocycles. The van der Waals surface area contributed by atoms with E-state index < -0.39 is 0 Å². The number of hydrogen-bond donors (Lipinski definition) is 1. The van der Waals surface area contributed by atoms with Crippen molar-refractivity contribution in [2.75, 3.05) is 39.3 Å². The van der Waals surface area contributed by atoms with Gasteiger partial charge in [-0.2, -0.15) is 0 Å². The Morgan fingerprint density at radius 1 is 1.05 bits per heavy atom. The Bertz CT molecular complexity index is 353. The first-order chi connectivity index (χ1) is 9.23. The molecule has 2 fully saturated rings. The van der Waals surface area contributed by atoms with E-state index in [2.05, 4.69) is 49.7 Å². The van der Waals surface area contributed by atoms with Crippen LogP contribution in [-0.4, -0.2) is 60.5 Å². The van der Waals surface area contributed by atoms with Crippen molar-refractivity contribution in [2.24, 2.45) is 11.3 Å². The van der Waals surface area contributed by atoms with Crippen LogP contribution in [0.2, 0.25) is 0 Å². The summed E-state index contributed by atoms with van der Waals surface area (Å²) in [5.41, 5.74) is -0.0664. The van der Waals surface area contributed by atoms with Crippen molar-refractivity contribution in [2.45, 2.75) is 46.6 Å². The zero-order chi connectivity index (χ0) is 15.0. The fourth-order valence-electron chi connectivity index (χ4n) is 3.40. The number of hydrogen-bond acceptors (Lipinski definition) is 3. The van der Waals surface area contributed by atoms with Gasteiger partial charge >= 0.3 is 0 Å². The van der Waals surface area contributed by atoms with Gasteiger partial charge < -0.3 is 10.2 Å². The van der Waals surface area contributed by atoms with Gasteiger partial charge in [0.25, 0.3) is 0 Å². The second-order valence-corrected chi connectivity index (χ2v) is 7.90. The average Bonchev–Trinajstić information content (AvgIpc) is 2.88. The fraction of sp³-hybridized carbons (Fsp3) is 0.938. The van der Waals surface area contributed by atoms with E-state index in [9.17, 15) is 4.79 Å². The van der Waals surface area contributed by atoms with Gasteiger partial charge in [0, 0.05) is 39.3 Å². The average molecular weight is 281 g/mol. The summed E-state index contributed by atoms with van der Waals surface area (Å²) in [6.07, 6.45) is 1.15. The van der Waals surface area contributed by atoms with Crippen LogP contribution in [0, 0.1) is 11.3 Å². The Kier molecular flexibility index (Phi) is 4.45. The topological polar surface area (TPSA) is 35.6 Å². The molecule has 2 heterocycles. The SMILES string of the molecule is CC(C)(C)C1CCN(C(=O)C(C)(C)N2CCNCC2)C1. The van der Waals surface area contributed by atoms with Crippen LogP contribution in [0.1, 0.15) is 41.0 Å². The number of amides is 1. The monoisotopic (exact) mass is 281 g/mol. The molecule has 4 nitrogen and oxygen atoms in total. The first-order valence-electron chi connectivity index (χ1n) is 7.98. The maximum absolute atomic E-state index is 12.9. The van der Waals surface area contributed by atoms with Gasteiger partial charge in [-0.15, -0.1) is 0 Å². The van der Waals surface area contributed by atoms with E-state index in [0.29, 0.717) is 17.2 Å². The quantitative estimate of drug-likeness (QED) is 0.834. The molecule has 1 unspecified atom stereocenters. The predicted molar refractivity (Wildman–Crippen MR) is 82.7 cm³/mol. The second-order valence-electron chi connectivity index (χ2n) is 7.90. The molecule has 0 saturated carbocycles. The molecular weight excluding hydrogens is 250 g/mol. The Morgan fingerprint density at radius 2 is 1.65 bits per heavy atom.